The van der Waals surface area contributed by atoms with Crippen molar-refractivity contribution in [2.75, 3.05) is 6.61 Å². The summed E-state index contributed by atoms with van der Waals surface area (Å²) in [6.45, 7) is 3.99. The second-order valence-electron chi connectivity index (χ2n) is 7.78. The van der Waals surface area contributed by atoms with Crippen LogP contribution in [0.1, 0.15) is 34.0 Å². The molecule has 9 nitrogen and oxygen atoms in total. The van der Waals surface area contributed by atoms with E-state index in [0.29, 0.717) is 22.2 Å². The van der Waals surface area contributed by atoms with Crippen molar-refractivity contribution >= 4 is 57.1 Å². The lowest BCUT2D eigenvalue weighted by Gasteiger charge is -2.13. The summed E-state index contributed by atoms with van der Waals surface area (Å²) in [6.07, 6.45) is 1.46. The van der Waals surface area contributed by atoms with Crippen molar-refractivity contribution in [2.24, 2.45) is 4.99 Å². The van der Waals surface area contributed by atoms with Crippen LogP contribution < -0.4 is 9.47 Å². The van der Waals surface area contributed by atoms with Crippen LogP contribution in [0.5, 0.6) is 11.5 Å². The standard InChI is InChI=1S/C26H18BrClN2O7/c1-3-35-22-12-15(10-18(27)23(22)36-25(31)16-6-4-14(2)5-7-16)11-20-26(32)37-24(29-20)17-8-9-19(28)21(13-17)30(33)34/h4-13H,3H2,1-2H3/b20-11-. The summed E-state index contributed by atoms with van der Waals surface area (Å²) < 4.78 is 16.9. The number of hydrogen-bond acceptors (Lipinski definition) is 8. The molecule has 0 amide bonds. The molecule has 0 saturated carbocycles. The van der Waals surface area contributed by atoms with Gasteiger partial charge in [0.05, 0.1) is 21.6 Å². The van der Waals surface area contributed by atoms with Gasteiger partial charge in [-0.15, -0.1) is 0 Å². The summed E-state index contributed by atoms with van der Waals surface area (Å²) in [4.78, 5) is 39.8. The molecule has 3 aromatic rings. The Kier molecular flexibility index (Phi) is 7.70. The number of aryl methyl sites for hydroxylation is 1. The van der Waals surface area contributed by atoms with Gasteiger partial charge in [-0.2, -0.15) is 0 Å². The molecule has 0 atom stereocenters. The summed E-state index contributed by atoms with van der Waals surface area (Å²) in [5.74, 6) is -0.937. The van der Waals surface area contributed by atoms with Crippen LogP contribution in [0.2, 0.25) is 5.02 Å². The predicted molar refractivity (Wildman–Crippen MR) is 140 cm³/mol. The zero-order chi connectivity index (χ0) is 26.7. The van der Waals surface area contributed by atoms with Gasteiger partial charge in [0.1, 0.15) is 5.02 Å². The number of carbonyl (C=O) groups is 2. The van der Waals surface area contributed by atoms with E-state index in [2.05, 4.69) is 20.9 Å². The molecule has 0 fully saturated rings. The van der Waals surface area contributed by atoms with Gasteiger partial charge >= 0.3 is 11.9 Å². The lowest BCUT2D eigenvalue weighted by atomic mass is 10.1. The molecule has 3 aromatic carbocycles. The Morgan fingerprint density at radius 1 is 1.19 bits per heavy atom. The van der Waals surface area contributed by atoms with Crippen molar-refractivity contribution in [3.05, 3.63) is 102 Å². The number of cyclic esters (lactones) is 1. The summed E-state index contributed by atoms with van der Waals surface area (Å²) in [5.41, 5.74) is 1.74. The van der Waals surface area contributed by atoms with Gasteiger partial charge in [-0.1, -0.05) is 29.3 Å². The van der Waals surface area contributed by atoms with Crippen molar-refractivity contribution in [3.63, 3.8) is 0 Å². The molecule has 0 aromatic heterocycles. The van der Waals surface area contributed by atoms with Crippen LogP contribution >= 0.6 is 27.5 Å². The maximum absolute atomic E-state index is 12.7. The van der Waals surface area contributed by atoms with E-state index in [1.54, 1.807) is 31.2 Å². The van der Waals surface area contributed by atoms with Crippen molar-refractivity contribution in [2.45, 2.75) is 13.8 Å². The molecule has 37 heavy (non-hydrogen) atoms. The lowest BCUT2D eigenvalue weighted by Crippen LogP contribution is -2.10. The van der Waals surface area contributed by atoms with E-state index in [9.17, 15) is 19.7 Å². The maximum Gasteiger partial charge on any atom is 0.363 e. The van der Waals surface area contributed by atoms with Crippen molar-refractivity contribution in [1.29, 1.82) is 0 Å². The molecule has 0 unspecified atom stereocenters. The topological polar surface area (TPSA) is 117 Å². The number of carbonyl (C=O) groups excluding carboxylic acids is 2. The highest BCUT2D eigenvalue weighted by molar-refractivity contribution is 9.10. The molecule has 11 heteroatoms. The molecule has 4 rings (SSSR count). The number of nitrogens with zero attached hydrogens (tertiary/aromatic N) is 2. The Morgan fingerprint density at radius 2 is 1.92 bits per heavy atom. The number of halogens is 2. The van der Waals surface area contributed by atoms with Crippen molar-refractivity contribution < 1.29 is 28.7 Å². The fourth-order valence-electron chi connectivity index (χ4n) is 3.35. The Morgan fingerprint density at radius 3 is 2.59 bits per heavy atom. The molecule has 0 radical (unpaired) electrons. The highest BCUT2D eigenvalue weighted by Crippen LogP contribution is 2.38. The minimum Gasteiger partial charge on any atom is -0.490 e. The number of rotatable bonds is 7. The third kappa shape index (κ3) is 5.87. The number of nitro benzene ring substituents is 1. The Hall–Kier alpha value is -4.02. The Balaban J connectivity index is 1.65. The van der Waals surface area contributed by atoms with Crippen LogP contribution in [0, 0.1) is 17.0 Å². The van der Waals surface area contributed by atoms with Crippen LogP contribution in [-0.2, 0) is 9.53 Å². The molecule has 0 saturated heterocycles. The number of ether oxygens (including phenoxy) is 3. The fourth-order valence-corrected chi connectivity index (χ4v) is 4.08. The largest absolute Gasteiger partial charge is 0.490 e. The van der Waals surface area contributed by atoms with Gasteiger partial charge in [0.15, 0.2) is 17.2 Å². The molecule has 0 bridgehead atoms. The van der Waals surface area contributed by atoms with Gasteiger partial charge in [0.25, 0.3) is 5.69 Å². The molecule has 1 aliphatic rings. The first-order chi connectivity index (χ1) is 17.7. The molecule has 0 N–H and O–H groups in total. The van der Waals surface area contributed by atoms with Gasteiger partial charge in [-0.3, -0.25) is 10.1 Å². The predicted octanol–water partition coefficient (Wildman–Crippen LogP) is 6.28. The third-order valence-corrected chi connectivity index (χ3v) is 6.04. The lowest BCUT2D eigenvalue weighted by molar-refractivity contribution is -0.384. The molecule has 188 valence electrons. The number of nitro groups is 1. The van der Waals surface area contributed by atoms with Crippen LogP contribution in [0.3, 0.4) is 0 Å². The number of aliphatic imine (C=N–C) groups is 1. The summed E-state index contributed by atoms with van der Waals surface area (Å²) in [5, 5.41) is 11.1. The van der Waals surface area contributed by atoms with E-state index < -0.39 is 16.9 Å². The van der Waals surface area contributed by atoms with Crippen molar-refractivity contribution in [3.8, 4) is 11.5 Å². The van der Waals surface area contributed by atoms with E-state index >= 15 is 0 Å². The summed E-state index contributed by atoms with van der Waals surface area (Å²) in [7, 11) is 0. The molecule has 0 aliphatic carbocycles. The molecular weight excluding hydrogens is 568 g/mol. The quantitative estimate of drug-likeness (QED) is 0.105. The minimum absolute atomic E-state index is 0.0358. The van der Waals surface area contributed by atoms with Crippen LogP contribution in [0.25, 0.3) is 6.08 Å². The maximum atomic E-state index is 12.7. The van der Waals surface area contributed by atoms with E-state index in [1.807, 2.05) is 19.1 Å². The zero-order valence-corrected chi connectivity index (χ0v) is 21.8. The Labute approximate surface area is 224 Å². The van der Waals surface area contributed by atoms with E-state index in [1.165, 1.54) is 24.3 Å². The average molecular weight is 586 g/mol. The van der Waals surface area contributed by atoms with Crippen molar-refractivity contribution in [1.82, 2.24) is 0 Å². The number of esters is 2. The molecule has 1 heterocycles. The zero-order valence-electron chi connectivity index (χ0n) is 19.5. The normalized spacial score (nSPS) is 13.8. The van der Waals surface area contributed by atoms with E-state index in [4.69, 9.17) is 25.8 Å². The summed E-state index contributed by atoms with van der Waals surface area (Å²) >= 11 is 9.26. The fraction of sp³-hybridized carbons (Fsp3) is 0.115. The second-order valence-corrected chi connectivity index (χ2v) is 9.04. The van der Waals surface area contributed by atoms with Gasteiger partial charge in [0.2, 0.25) is 5.90 Å². The Bertz CT molecular complexity index is 1480. The van der Waals surface area contributed by atoms with Gasteiger partial charge in [0, 0.05) is 11.6 Å². The molecular formula is C26H18BrClN2O7. The van der Waals surface area contributed by atoms with Gasteiger partial charge in [-0.25, -0.2) is 14.6 Å². The smallest absolute Gasteiger partial charge is 0.363 e. The van der Waals surface area contributed by atoms with Gasteiger partial charge < -0.3 is 14.2 Å². The first-order valence-corrected chi connectivity index (χ1v) is 12.1. The summed E-state index contributed by atoms with van der Waals surface area (Å²) in [6, 6.07) is 14.1. The molecule has 0 spiro atoms. The number of hydrogen-bond donors (Lipinski definition) is 0. The highest BCUT2D eigenvalue weighted by atomic mass is 79.9. The SMILES string of the molecule is CCOc1cc(/C=C2\N=C(c3ccc(Cl)c([N+](=O)[O-])c3)OC2=O)cc(Br)c1OC(=O)c1ccc(C)cc1. The first kappa shape index (κ1) is 26.1. The third-order valence-electron chi connectivity index (χ3n) is 5.13. The second kappa shape index (κ2) is 10.9. The van der Waals surface area contributed by atoms with Crippen LogP contribution in [0.15, 0.2) is 69.8 Å². The first-order valence-electron chi connectivity index (χ1n) is 10.9. The number of benzene rings is 3. The van der Waals surface area contributed by atoms with Gasteiger partial charge in [-0.05, 0) is 77.8 Å². The van der Waals surface area contributed by atoms with Crippen LogP contribution in [0.4, 0.5) is 5.69 Å². The van der Waals surface area contributed by atoms with Crippen LogP contribution in [-0.4, -0.2) is 29.4 Å². The average Bonchev–Trinajstić information content (AvgIpc) is 3.21. The minimum atomic E-state index is -0.739. The molecule has 1 aliphatic heterocycles. The monoisotopic (exact) mass is 584 g/mol. The van der Waals surface area contributed by atoms with E-state index in [0.717, 1.165) is 5.56 Å². The highest BCUT2D eigenvalue weighted by Gasteiger charge is 2.27. The van der Waals surface area contributed by atoms with E-state index in [-0.39, 0.29) is 39.4 Å².